The van der Waals surface area contributed by atoms with E-state index in [9.17, 15) is 19.8 Å². The summed E-state index contributed by atoms with van der Waals surface area (Å²) in [6, 6.07) is 0. The third-order valence-corrected chi connectivity index (χ3v) is 8.97. The summed E-state index contributed by atoms with van der Waals surface area (Å²) >= 11 is 0. The molecule has 45 heavy (non-hydrogen) atoms. The molecule has 266 valence electrons. The van der Waals surface area contributed by atoms with Gasteiger partial charge in [-0.15, -0.1) is 0 Å². The zero-order valence-corrected chi connectivity index (χ0v) is 34.5. The van der Waals surface area contributed by atoms with E-state index in [4.69, 9.17) is 0 Å². The molecule has 0 atom stereocenters. The Kier molecular flexibility index (Phi) is 50.3. The first-order chi connectivity index (χ1) is 21.5. The number of hydrogen-bond acceptors (Lipinski definition) is 4. The largest absolute Gasteiger partial charge is 2.00 e. The fourth-order valence-electron chi connectivity index (χ4n) is 5.99. The zero-order valence-electron chi connectivity index (χ0n) is 30.6. The van der Waals surface area contributed by atoms with Crippen molar-refractivity contribution in [2.45, 2.75) is 245 Å². The molecule has 0 unspecified atom stereocenters. The molecule has 0 rings (SSSR count). The van der Waals surface area contributed by atoms with Crippen LogP contribution in [0.5, 0.6) is 0 Å². The second-order valence-corrected chi connectivity index (χ2v) is 13.6. The van der Waals surface area contributed by atoms with Crippen molar-refractivity contribution >= 4 is 39.2 Å². The number of carbonyl (C=O) groups is 2. The summed E-state index contributed by atoms with van der Waals surface area (Å²) in [4.78, 5) is 20.5. The molecule has 0 aromatic rings. The predicted molar refractivity (Wildman–Crippen MR) is 193 cm³/mol. The minimum Gasteiger partial charge on any atom is -0.550 e. The normalized spacial score (nSPS) is 10.7. The second kappa shape index (κ2) is 46.0. The van der Waals surface area contributed by atoms with E-state index in [0.29, 0.717) is 0 Å². The molecule has 0 aliphatic rings. The van der Waals surface area contributed by atoms with E-state index in [1.165, 1.54) is 193 Å². The monoisotopic (exact) mass is 831 g/mol. The molecular weight excluding hydrogens is 752 g/mol. The van der Waals surface area contributed by atoms with E-state index in [-0.39, 0.29) is 40.1 Å². The second-order valence-electron chi connectivity index (χ2n) is 13.6. The maximum absolute atomic E-state index is 10.2. The van der Waals surface area contributed by atoms with Crippen molar-refractivity contribution in [1.82, 2.24) is 0 Å². The van der Waals surface area contributed by atoms with Gasteiger partial charge in [0.15, 0.2) is 0 Å². The Morgan fingerprint density at radius 3 is 0.556 bits per heavy atom. The molecule has 0 bridgehead atoms. The van der Waals surface area contributed by atoms with Gasteiger partial charge in [-0.3, -0.25) is 0 Å². The Morgan fingerprint density at radius 1 is 0.289 bits per heavy atom. The van der Waals surface area contributed by atoms with Gasteiger partial charge in [0, 0.05) is 11.9 Å². The van der Waals surface area contributed by atoms with Crippen molar-refractivity contribution in [2.75, 3.05) is 0 Å². The molecule has 2 radical (unpaired) electrons. The van der Waals surface area contributed by atoms with Gasteiger partial charge in [0.2, 0.25) is 0 Å². The van der Waals surface area contributed by atoms with Gasteiger partial charge in [-0.05, 0) is 25.7 Å². The van der Waals surface area contributed by atoms with E-state index in [2.05, 4.69) is 13.8 Å². The Bertz CT molecular complexity index is 506. The van der Waals surface area contributed by atoms with Crippen molar-refractivity contribution < 1.29 is 19.8 Å². The standard InChI is InChI=1S/2C20H40O2.Pb/c2*1-2-3-4-5-6-7-8-9-10-11-12-13-14-15-16-17-18-19-20(21)22;/h2*2-19H2,1H3,(H,21,22);/q;;+2/p-2. The number of aliphatic carboxylic acids is 2. The SMILES string of the molecule is CCCCCCCCCCCCCCCCCCCC(=O)[O-].CCCCCCCCCCCCCCCCCCCC(=O)[O-].[Pb+2]. The van der Waals surface area contributed by atoms with Crippen LogP contribution in [0.1, 0.15) is 245 Å². The Labute approximate surface area is 302 Å². The topological polar surface area (TPSA) is 80.3 Å². The molecule has 0 saturated carbocycles. The number of carboxylic acid groups (broad SMARTS) is 2. The third kappa shape index (κ3) is 53.6. The molecule has 0 aromatic heterocycles. The van der Waals surface area contributed by atoms with Crippen molar-refractivity contribution in [3.63, 3.8) is 0 Å². The van der Waals surface area contributed by atoms with E-state index >= 15 is 0 Å². The van der Waals surface area contributed by atoms with Gasteiger partial charge < -0.3 is 19.8 Å². The van der Waals surface area contributed by atoms with Gasteiger partial charge in [-0.2, -0.15) is 0 Å². The smallest absolute Gasteiger partial charge is 0.550 e. The average Bonchev–Trinajstić information content (AvgIpc) is 3.00. The number of carboxylic acids is 2. The van der Waals surface area contributed by atoms with Gasteiger partial charge in [0.25, 0.3) is 0 Å². The number of hydrogen-bond donors (Lipinski definition) is 0. The van der Waals surface area contributed by atoms with E-state index in [0.717, 1.165) is 25.7 Å². The number of carbonyl (C=O) groups excluding carboxylic acids is 2. The summed E-state index contributed by atoms with van der Waals surface area (Å²) in [5.74, 6) is -1.80. The number of unbranched alkanes of at least 4 members (excludes halogenated alkanes) is 32. The molecule has 0 aliphatic carbocycles. The van der Waals surface area contributed by atoms with Crippen LogP contribution in [0, 0.1) is 0 Å². The van der Waals surface area contributed by atoms with Crippen LogP contribution < -0.4 is 10.2 Å². The summed E-state index contributed by atoms with van der Waals surface area (Å²) in [5, 5.41) is 20.5. The summed E-state index contributed by atoms with van der Waals surface area (Å²) in [6.45, 7) is 4.55. The zero-order chi connectivity index (χ0) is 32.6. The van der Waals surface area contributed by atoms with Crippen LogP contribution >= 0.6 is 0 Å². The fourth-order valence-corrected chi connectivity index (χ4v) is 5.99. The fraction of sp³-hybridized carbons (Fsp3) is 0.950. The van der Waals surface area contributed by atoms with Gasteiger partial charge in [-0.25, -0.2) is 0 Å². The third-order valence-electron chi connectivity index (χ3n) is 8.97. The molecule has 0 aliphatic heterocycles. The van der Waals surface area contributed by atoms with Crippen molar-refractivity contribution in [2.24, 2.45) is 0 Å². The average molecular weight is 830 g/mol. The van der Waals surface area contributed by atoms with E-state index in [1.807, 2.05) is 0 Å². The predicted octanol–water partition coefficient (Wildman–Crippen LogP) is 11.2. The van der Waals surface area contributed by atoms with E-state index in [1.54, 1.807) is 0 Å². The summed E-state index contributed by atoms with van der Waals surface area (Å²) in [7, 11) is 0. The van der Waals surface area contributed by atoms with Gasteiger partial charge >= 0.3 is 27.3 Å². The Hall–Kier alpha value is -0.138. The van der Waals surface area contributed by atoms with Gasteiger partial charge in [0.1, 0.15) is 0 Å². The van der Waals surface area contributed by atoms with Crippen LogP contribution in [0.25, 0.3) is 0 Å². The molecule has 5 heteroatoms. The van der Waals surface area contributed by atoms with Crippen LogP contribution in [-0.4, -0.2) is 39.2 Å². The van der Waals surface area contributed by atoms with Crippen molar-refractivity contribution in [3.05, 3.63) is 0 Å². The van der Waals surface area contributed by atoms with Gasteiger partial charge in [-0.1, -0.05) is 219 Å². The maximum atomic E-state index is 10.2. The minimum absolute atomic E-state index is 0. The molecule has 0 aromatic carbocycles. The Balaban J connectivity index is -0.000000767. The van der Waals surface area contributed by atoms with Crippen LogP contribution in [0.3, 0.4) is 0 Å². The molecule has 0 spiro atoms. The van der Waals surface area contributed by atoms with Crippen molar-refractivity contribution in [3.8, 4) is 0 Å². The summed E-state index contributed by atoms with van der Waals surface area (Å²) in [5.41, 5.74) is 0. The minimum atomic E-state index is -0.902. The van der Waals surface area contributed by atoms with Crippen LogP contribution in [0.2, 0.25) is 0 Å². The molecule has 0 amide bonds. The first kappa shape index (κ1) is 49.3. The van der Waals surface area contributed by atoms with E-state index < -0.39 is 11.9 Å². The molecule has 4 nitrogen and oxygen atoms in total. The molecule has 0 fully saturated rings. The molecule has 0 saturated heterocycles. The Morgan fingerprint density at radius 2 is 0.422 bits per heavy atom. The number of rotatable bonds is 36. The first-order valence-corrected chi connectivity index (χ1v) is 19.9. The van der Waals surface area contributed by atoms with Crippen LogP contribution in [0.15, 0.2) is 0 Å². The molecule has 0 heterocycles. The van der Waals surface area contributed by atoms with Crippen LogP contribution in [-0.2, 0) is 9.59 Å². The summed E-state index contributed by atoms with van der Waals surface area (Å²) in [6.07, 6.45) is 45.6. The van der Waals surface area contributed by atoms with Crippen LogP contribution in [0.4, 0.5) is 0 Å². The first-order valence-electron chi connectivity index (χ1n) is 19.9. The molecule has 0 N–H and O–H groups in total. The van der Waals surface area contributed by atoms with Crippen molar-refractivity contribution in [1.29, 1.82) is 0 Å². The van der Waals surface area contributed by atoms with Gasteiger partial charge in [0.05, 0.1) is 0 Å². The quantitative estimate of drug-likeness (QED) is 0.0465. The molecular formula is C40H78O4Pb. The maximum Gasteiger partial charge on any atom is 2.00 e. The summed E-state index contributed by atoms with van der Waals surface area (Å²) < 4.78 is 0.